The van der Waals surface area contributed by atoms with Crippen LogP contribution in [0.3, 0.4) is 0 Å². The smallest absolute Gasteiger partial charge is 0.475 e. The van der Waals surface area contributed by atoms with Crippen molar-refractivity contribution in [1.29, 1.82) is 0 Å². The minimum absolute atomic E-state index is 0.542. The van der Waals surface area contributed by atoms with Gasteiger partial charge >= 0.3 is 24.3 Å². The minimum Gasteiger partial charge on any atom is -0.475 e. The number of halogens is 6. The first-order chi connectivity index (χ1) is 17.5. The number of rotatable bonds is 4. The predicted molar refractivity (Wildman–Crippen MR) is 125 cm³/mol. The normalized spacial score (nSPS) is 20.7. The van der Waals surface area contributed by atoms with Crippen LogP contribution < -0.4 is 0 Å². The Labute approximate surface area is 215 Å². The monoisotopic (exact) mass is 549 g/mol. The van der Waals surface area contributed by atoms with E-state index in [2.05, 4.69) is 72.1 Å². The zero-order chi connectivity index (χ0) is 28.8. The van der Waals surface area contributed by atoms with Crippen molar-refractivity contribution in [3.63, 3.8) is 0 Å². The first kappa shape index (κ1) is 31.0. The van der Waals surface area contributed by atoms with Gasteiger partial charge in [0.05, 0.1) is 5.69 Å². The number of carboxylic acid groups (broad SMARTS) is 2. The van der Waals surface area contributed by atoms with E-state index in [1.54, 1.807) is 11.1 Å². The molecule has 0 unspecified atom stereocenters. The van der Waals surface area contributed by atoms with Crippen LogP contribution >= 0.6 is 0 Å². The number of nitrogens with zero attached hydrogens (tertiary/aromatic N) is 3. The van der Waals surface area contributed by atoms with Crippen molar-refractivity contribution in [2.45, 2.75) is 50.7 Å². The molecule has 0 spiro atoms. The third kappa shape index (κ3) is 8.15. The lowest BCUT2D eigenvalue weighted by molar-refractivity contribution is -0.193. The molecule has 0 bridgehead atoms. The quantitative estimate of drug-likeness (QED) is 0.521. The highest BCUT2D eigenvalue weighted by molar-refractivity contribution is 5.73. The second-order valence-corrected chi connectivity index (χ2v) is 9.22. The number of carboxylic acids is 2. The largest absolute Gasteiger partial charge is 0.490 e. The van der Waals surface area contributed by atoms with Crippen molar-refractivity contribution >= 4 is 11.9 Å². The van der Waals surface area contributed by atoms with Gasteiger partial charge in [-0.05, 0) is 50.1 Å². The summed E-state index contributed by atoms with van der Waals surface area (Å²) in [6, 6.07) is 16.4. The summed E-state index contributed by atoms with van der Waals surface area (Å²) in [7, 11) is 2.29. The fraction of sp³-hybridized carbons (Fsp3) is 0.480. The molecule has 13 heteroatoms. The summed E-state index contributed by atoms with van der Waals surface area (Å²) in [6.07, 6.45) is -8.27. The summed E-state index contributed by atoms with van der Waals surface area (Å²) in [5, 5.41) is 14.2. The van der Waals surface area contributed by atoms with Crippen molar-refractivity contribution in [3.05, 3.63) is 65.5 Å². The van der Waals surface area contributed by atoms with Crippen molar-refractivity contribution in [2.24, 2.45) is 5.92 Å². The van der Waals surface area contributed by atoms with Gasteiger partial charge in [0.2, 0.25) is 0 Å². The van der Waals surface area contributed by atoms with Gasteiger partial charge in [-0.15, -0.1) is 0 Å². The molecule has 38 heavy (non-hydrogen) atoms. The lowest BCUT2D eigenvalue weighted by Gasteiger charge is -2.33. The van der Waals surface area contributed by atoms with Crippen molar-refractivity contribution in [2.75, 3.05) is 20.1 Å². The number of hydrogen-bond acceptors (Lipinski definition) is 5. The van der Waals surface area contributed by atoms with Crippen molar-refractivity contribution in [3.8, 4) is 0 Å². The number of hydrogen-bond donors (Lipinski definition) is 2. The highest BCUT2D eigenvalue weighted by Gasteiger charge is 2.47. The fourth-order valence-electron chi connectivity index (χ4n) is 4.60. The molecular weight excluding hydrogens is 520 g/mol. The molecule has 0 radical (unpaired) electrons. The first-order valence-corrected chi connectivity index (χ1v) is 11.6. The number of alkyl halides is 6. The van der Waals surface area contributed by atoms with Gasteiger partial charge in [-0.25, -0.2) is 9.59 Å². The van der Waals surface area contributed by atoms with E-state index in [0.29, 0.717) is 23.9 Å². The van der Waals surface area contributed by atoms with E-state index in [-0.39, 0.29) is 0 Å². The van der Waals surface area contributed by atoms with E-state index in [1.807, 2.05) is 12.3 Å². The number of likely N-dealkylation sites (tertiary alicyclic amines) is 1. The van der Waals surface area contributed by atoms with Crippen molar-refractivity contribution in [1.82, 2.24) is 14.8 Å². The molecule has 210 valence electrons. The highest BCUT2D eigenvalue weighted by Crippen LogP contribution is 2.51. The Morgan fingerprint density at radius 2 is 1.45 bits per heavy atom. The maximum Gasteiger partial charge on any atom is 0.490 e. The maximum atomic E-state index is 10.6. The summed E-state index contributed by atoms with van der Waals surface area (Å²) < 4.78 is 63.5. The van der Waals surface area contributed by atoms with Gasteiger partial charge in [0, 0.05) is 43.8 Å². The maximum absolute atomic E-state index is 10.6. The Balaban J connectivity index is 0.000000301. The average Bonchev–Trinajstić information content (AvgIpc) is 3.35. The molecule has 0 amide bonds. The van der Waals surface area contributed by atoms with E-state index in [0.717, 1.165) is 19.6 Å². The molecule has 2 aromatic rings. The Hall–Kier alpha value is -3.19. The first-order valence-electron chi connectivity index (χ1n) is 11.6. The lowest BCUT2D eigenvalue weighted by atomic mass is 9.93. The molecule has 1 aromatic carbocycles. The SMILES string of the molecule is CC(C)N(C)[C@H]1c2ccccc2[C@@H]2CN(Cc3ccccn3)C[C@@H]21.O=C(O)C(F)(F)F.O=C(O)C(F)(F)F. The van der Waals surface area contributed by atoms with Gasteiger partial charge < -0.3 is 10.2 Å². The molecule has 2 aliphatic rings. The van der Waals surface area contributed by atoms with Gasteiger partial charge in [-0.2, -0.15) is 26.3 Å². The number of benzene rings is 1. The highest BCUT2D eigenvalue weighted by atomic mass is 19.4. The summed E-state index contributed by atoms with van der Waals surface area (Å²) in [6.45, 7) is 7.89. The van der Waals surface area contributed by atoms with Gasteiger partial charge in [0.25, 0.3) is 0 Å². The van der Waals surface area contributed by atoms with Crippen LogP contribution in [0.15, 0.2) is 48.7 Å². The van der Waals surface area contributed by atoms with Crippen LogP contribution in [0.4, 0.5) is 26.3 Å². The number of pyridine rings is 1. The zero-order valence-electron chi connectivity index (χ0n) is 20.9. The van der Waals surface area contributed by atoms with Gasteiger partial charge in [0.15, 0.2) is 0 Å². The Bertz CT molecular complexity index is 1050. The van der Waals surface area contributed by atoms with E-state index in [1.165, 1.54) is 5.69 Å². The van der Waals surface area contributed by atoms with E-state index in [4.69, 9.17) is 19.8 Å². The molecule has 3 atom stereocenters. The second-order valence-electron chi connectivity index (χ2n) is 9.22. The third-order valence-corrected chi connectivity index (χ3v) is 6.41. The molecule has 1 fully saturated rings. The molecule has 1 aliphatic heterocycles. The number of aromatic nitrogens is 1. The van der Waals surface area contributed by atoms with Crippen LogP contribution in [-0.4, -0.2) is 75.5 Å². The number of carbonyl (C=O) groups is 2. The average molecular weight is 550 g/mol. The summed E-state index contributed by atoms with van der Waals surface area (Å²) in [5.74, 6) is -4.16. The molecule has 1 saturated heterocycles. The summed E-state index contributed by atoms with van der Waals surface area (Å²) >= 11 is 0. The standard InChI is InChI=1S/C21H27N3.2C2HF3O2/c1-15(2)23(3)21-18-10-5-4-9-17(18)19-13-24(14-20(19)21)12-16-8-6-7-11-22-16;2*3-2(4,5)1(6)7/h4-11,15,19-21H,12-14H2,1-3H3;2*(H,6,7)/t19-,20-,21-;;/m0../s1. The topological polar surface area (TPSA) is 94.0 Å². The Morgan fingerprint density at radius 1 is 0.947 bits per heavy atom. The molecule has 1 aromatic heterocycles. The molecule has 2 N–H and O–H groups in total. The van der Waals surface area contributed by atoms with Crippen LogP contribution in [0, 0.1) is 5.92 Å². The van der Waals surface area contributed by atoms with E-state index in [9.17, 15) is 26.3 Å². The van der Waals surface area contributed by atoms with Gasteiger partial charge in [0.1, 0.15) is 0 Å². The Morgan fingerprint density at radius 3 is 1.89 bits per heavy atom. The summed E-state index contributed by atoms with van der Waals surface area (Å²) in [4.78, 5) is 27.5. The third-order valence-electron chi connectivity index (χ3n) is 6.41. The molecule has 7 nitrogen and oxygen atoms in total. The second kappa shape index (κ2) is 12.6. The minimum atomic E-state index is -5.08. The zero-order valence-corrected chi connectivity index (χ0v) is 20.9. The van der Waals surface area contributed by atoms with Crippen LogP contribution in [0.25, 0.3) is 0 Å². The predicted octanol–water partition coefficient (Wildman–Crippen LogP) is 4.96. The number of fused-ring (bicyclic) bond motifs is 3. The van der Waals surface area contributed by atoms with Gasteiger partial charge in [-0.1, -0.05) is 30.3 Å². The number of aliphatic carboxylic acids is 2. The molecule has 1 aliphatic carbocycles. The van der Waals surface area contributed by atoms with Crippen molar-refractivity contribution < 1.29 is 46.1 Å². The Kier molecular flexibility index (Phi) is 10.3. The molecule has 2 heterocycles. The van der Waals surface area contributed by atoms with Crippen LogP contribution in [0.2, 0.25) is 0 Å². The van der Waals surface area contributed by atoms with Crippen LogP contribution in [0.5, 0.6) is 0 Å². The van der Waals surface area contributed by atoms with Crippen LogP contribution in [0.1, 0.15) is 42.6 Å². The lowest BCUT2D eigenvalue weighted by Crippen LogP contribution is -2.35. The molecular formula is C25H29F6N3O4. The molecule has 0 saturated carbocycles. The fourth-order valence-corrected chi connectivity index (χ4v) is 4.60. The van der Waals surface area contributed by atoms with E-state index >= 15 is 0 Å². The van der Waals surface area contributed by atoms with E-state index < -0.39 is 24.3 Å². The summed E-state index contributed by atoms with van der Waals surface area (Å²) in [5.41, 5.74) is 4.31. The molecule has 4 rings (SSSR count). The van der Waals surface area contributed by atoms with Crippen LogP contribution in [-0.2, 0) is 16.1 Å². The van der Waals surface area contributed by atoms with Gasteiger partial charge in [-0.3, -0.25) is 14.8 Å².